The fourth-order valence-corrected chi connectivity index (χ4v) is 3.18. The van der Waals surface area contributed by atoms with Crippen LogP contribution in [0.1, 0.15) is 23.1 Å². The van der Waals surface area contributed by atoms with Crippen LogP contribution in [0.15, 0.2) is 53.9 Å². The summed E-state index contributed by atoms with van der Waals surface area (Å²) in [6, 6.07) is 16.3. The molecule has 0 saturated heterocycles. The first-order valence-electron chi connectivity index (χ1n) is 7.99. The summed E-state index contributed by atoms with van der Waals surface area (Å²) in [7, 11) is 0. The van der Waals surface area contributed by atoms with E-state index in [4.69, 9.17) is 0 Å². The topological polar surface area (TPSA) is 42.0 Å². The summed E-state index contributed by atoms with van der Waals surface area (Å²) in [6.45, 7) is 4.19. The maximum atomic E-state index is 12.1. The lowest BCUT2D eigenvalue weighted by Gasteiger charge is -2.03. The Balaban J connectivity index is 1.61. The number of carbonyl (C=O) groups excluding carboxylic acids is 1. The quantitative estimate of drug-likeness (QED) is 0.712. The Hall–Kier alpha value is -2.46. The van der Waals surface area contributed by atoms with Crippen LogP contribution >= 0.6 is 11.3 Å². The van der Waals surface area contributed by atoms with Gasteiger partial charge in [0.1, 0.15) is 0 Å². The first-order chi connectivity index (χ1) is 11.6. The highest BCUT2D eigenvalue weighted by Gasteiger charge is 2.09. The molecule has 1 aromatic heterocycles. The molecule has 0 radical (unpaired) electrons. The minimum Gasteiger partial charge on any atom is -0.302 e. The van der Waals surface area contributed by atoms with E-state index in [1.54, 1.807) is 0 Å². The standard InChI is InChI=1S/C20H20N2OS/c1-14-8-10-17(12-15(14)2)18-13-24-20(21-18)22-19(23)11-9-16-6-4-3-5-7-16/h3-8,10,12-13H,9,11H2,1-2H3,(H,21,22,23). The van der Waals surface area contributed by atoms with Crippen LogP contribution in [-0.2, 0) is 11.2 Å². The fraction of sp³-hybridized carbons (Fsp3) is 0.200. The monoisotopic (exact) mass is 336 g/mol. The highest BCUT2D eigenvalue weighted by Crippen LogP contribution is 2.26. The summed E-state index contributed by atoms with van der Waals surface area (Å²) in [5.41, 5.74) is 5.67. The van der Waals surface area contributed by atoms with Gasteiger partial charge >= 0.3 is 0 Å². The summed E-state index contributed by atoms with van der Waals surface area (Å²) in [5, 5.41) is 5.53. The molecule has 122 valence electrons. The van der Waals surface area contributed by atoms with Crippen LogP contribution in [0.3, 0.4) is 0 Å². The number of nitrogens with zero attached hydrogens (tertiary/aromatic N) is 1. The molecule has 4 heteroatoms. The summed E-state index contributed by atoms with van der Waals surface area (Å²) in [6.07, 6.45) is 1.20. The number of benzene rings is 2. The molecule has 3 rings (SSSR count). The molecule has 0 spiro atoms. The van der Waals surface area contributed by atoms with Crippen LogP contribution < -0.4 is 5.32 Å². The zero-order valence-electron chi connectivity index (χ0n) is 13.9. The zero-order valence-corrected chi connectivity index (χ0v) is 14.7. The minimum atomic E-state index is -0.000148. The molecule has 1 heterocycles. The largest absolute Gasteiger partial charge is 0.302 e. The van der Waals surface area contributed by atoms with Crippen molar-refractivity contribution in [2.75, 3.05) is 5.32 Å². The van der Waals surface area contributed by atoms with Gasteiger partial charge in [-0.05, 0) is 43.0 Å². The van der Waals surface area contributed by atoms with E-state index in [1.165, 1.54) is 28.0 Å². The third-order valence-corrected chi connectivity index (χ3v) is 4.79. The van der Waals surface area contributed by atoms with Gasteiger partial charge in [0.25, 0.3) is 0 Å². The molecule has 1 N–H and O–H groups in total. The molecule has 0 aliphatic rings. The number of anilines is 1. The van der Waals surface area contributed by atoms with Crippen molar-refractivity contribution in [3.63, 3.8) is 0 Å². The second-order valence-electron chi connectivity index (χ2n) is 5.87. The molecule has 0 aliphatic heterocycles. The number of hydrogen-bond donors (Lipinski definition) is 1. The second-order valence-corrected chi connectivity index (χ2v) is 6.73. The van der Waals surface area contributed by atoms with Crippen LogP contribution in [0.4, 0.5) is 5.13 Å². The molecule has 0 saturated carbocycles. The number of thiazole rings is 1. The molecule has 24 heavy (non-hydrogen) atoms. The van der Waals surface area contributed by atoms with Gasteiger partial charge in [-0.1, -0.05) is 42.5 Å². The first-order valence-corrected chi connectivity index (χ1v) is 8.87. The van der Waals surface area contributed by atoms with E-state index in [9.17, 15) is 4.79 Å². The highest BCUT2D eigenvalue weighted by molar-refractivity contribution is 7.14. The number of amides is 1. The molecule has 0 unspecified atom stereocenters. The predicted octanol–water partition coefficient (Wildman–Crippen LogP) is 5.00. The van der Waals surface area contributed by atoms with E-state index in [-0.39, 0.29) is 5.91 Å². The summed E-state index contributed by atoms with van der Waals surface area (Å²) >= 11 is 1.46. The van der Waals surface area contributed by atoms with Gasteiger partial charge in [0.05, 0.1) is 5.69 Å². The average molecular weight is 336 g/mol. The van der Waals surface area contributed by atoms with Crippen LogP contribution in [0.5, 0.6) is 0 Å². The number of rotatable bonds is 5. The van der Waals surface area contributed by atoms with Crippen LogP contribution in [0.2, 0.25) is 0 Å². The van der Waals surface area contributed by atoms with Crippen LogP contribution in [-0.4, -0.2) is 10.9 Å². The van der Waals surface area contributed by atoms with Gasteiger partial charge in [0.2, 0.25) is 5.91 Å². The highest BCUT2D eigenvalue weighted by atomic mass is 32.1. The lowest BCUT2D eigenvalue weighted by atomic mass is 10.1. The van der Waals surface area contributed by atoms with Gasteiger partial charge in [-0.15, -0.1) is 11.3 Å². The third-order valence-electron chi connectivity index (χ3n) is 4.04. The van der Waals surface area contributed by atoms with Gasteiger partial charge in [0, 0.05) is 17.4 Å². The predicted molar refractivity (Wildman–Crippen MR) is 100 cm³/mol. The number of nitrogens with one attached hydrogen (secondary N) is 1. The molecule has 1 amide bonds. The molecule has 0 fully saturated rings. The Morgan fingerprint density at radius 3 is 2.62 bits per heavy atom. The van der Waals surface area contributed by atoms with Crippen LogP contribution in [0.25, 0.3) is 11.3 Å². The first kappa shape index (κ1) is 16.4. The summed E-state index contributed by atoms with van der Waals surface area (Å²) in [5.74, 6) is -0.000148. The number of aromatic nitrogens is 1. The third kappa shape index (κ3) is 4.09. The molecule has 2 aromatic carbocycles. The van der Waals surface area contributed by atoms with Crippen molar-refractivity contribution < 1.29 is 4.79 Å². The van der Waals surface area contributed by atoms with Gasteiger partial charge < -0.3 is 5.32 Å². The summed E-state index contributed by atoms with van der Waals surface area (Å²) < 4.78 is 0. The van der Waals surface area contributed by atoms with Gasteiger partial charge in [-0.25, -0.2) is 4.98 Å². The molecule has 0 bridgehead atoms. The van der Waals surface area contributed by atoms with E-state index in [0.29, 0.717) is 11.6 Å². The summed E-state index contributed by atoms with van der Waals surface area (Å²) in [4.78, 5) is 16.6. The van der Waals surface area contributed by atoms with E-state index in [0.717, 1.165) is 17.7 Å². The maximum absolute atomic E-state index is 12.1. The molecular formula is C20H20N2OS. The van der Waals surface area contributed by atoms with E-state index >= 15 is 0 Å². The Bertz CT molecular complexity index is 840. The SMILES string of the molecule is Cc1ccc(-c2csc(NC(=O)CCc3ccccc3)n2)cc1C. The van der Waals surface area contributed by atoms with E-state index in [2.05, 4.69) is 42.3 Å². The zero-order chi connectivity index (χ0) is 16.9. The van der Waals surface area contributed by atoms with Crippen molar-refractivity contribution in [3.8, 4) is 11.3 Å². The lowest BCUT2D eigenvalue weighted by molar-refractivity contribution is -0.116. The second kappa shape index (κ2) is 7.41. The molecule has 3 nitrogen and oxygen atoms in total. The molecule has 0 aliphatic carbocycles. The average Bonchev–Trinajstić information content (AvgIpc) is 3.05. The Morgan fingerprint density at radius 2 is 1.88 bits per heavy atom. The fourth-order valence-electron chi connectivity index (χ4n) is 2.45. The smallest absolute Gasteiger partial charge is 0.226 e. The lowest BCUT2D eigenvalue weighted by Crippen LogP contribution is -2.12. The Morgan fingerprint density at radius 1 is 1.08 bits per heavy atom. The normalized spacial score (nSPS) is 10.6. The van der Waals surface area contributed by atoms with Crippen molar-refractivity contribution in [1.82, 2.24) is 4.98 Å². The van der Waals surface area contributed by atoms with Crippen LogP contribution in [0, 0.1) is 13.8 Å². The van der Waals surface area contributed by atoms with Crippen molar-refractivity contribution in [2.45, 2.75) is 26.7 Å². The number of aryl methyl sites for hydroxylation is 3. The number of hydrogen-bond acceptors (Lipinski definition) is 3. The van der Waals surface area contributed by atoms with Crippen molar-refractivity contribution in [1.29, 1.82) is 0 Å². The number of carbonyl (C=O) groups is 1. The van der Waals surface area contributed by atoms with E-state index < -0.39 is 0 Å². The van der Waals surface area contributed by atoms with E-state index in [1.807, 2.05) is 35.7 Å². The van der Waals surface area contributed by atoms with Gasteiger partial charge in [-0.3, -0.25) is 4.79 Å². The molecular weight excluding hydrogens is 316 g/mol. The van der Waals surface area contributed by atoms with Crippen molar-refractivity contribution in [2.24, 2.45) is 0 Å². The Labute approximate surface area is 146 Å². The maximum Gasteiger partial charge on any atom is 0.226 e. The van der Waals surface area contributed by atoms with Gasteiger partial charge in [-0.2, -0.15) is 0 Å². The minimum absolute atomic E-state index is 0.000148. The van der Waals surface area contributed by atoms with Gasteiger partial charge in [0.15, 0.2) is 5.13 Å². The van der Waals surface area contributed by atoms with Crippen molar-refractivity contribution >= 4 is 22.4 Å². The Kier molecular flexibility index (Phi) is 5.06. The van der Waals surface area contributed by atoms with Crippen molar-refractivity contribution in [3.05, 3.63) is 70.6 Å². The molecule has 0 atom stereocenters. The molecule has 3 aromatic rings.